The number of amides is 1. The molecule has 8 heteroatoms. The van der Waals surface area contributed by atoms with Crippen molar-refractivity contribution in [2.45, 2.75) is 26.8 Å². The normalized spacial score (nSPS) is 10.8. The standard InChI is InChI=1S/C22H21ClFN3O3/c1-13-3-8-19(18(24)11-13)26-20(29)12-27-21(15-4-6-16(23)7-5-15)25-14(2)17(9-10-28)22(27)30/h3-8,11,28H,9-10,12H2,1-2H3,(H,26,29). The molecule has 0 atom stereocenters. The van der Waals surface area contributed by atoms with Crippen LogP contribution < -0.4 is 10.9 Å². The molecule has 0 aliphatic carbocycles. The average Bonchev–Trinajstić information content (AvgIpc) is 2.70. The van der Waals surface area contributed by atoms with E-state index in [1.807, 2.05) is 0 Å². The molecule has 30 heavy (non-hydrogen) atoms. The van der Waals surface area contributed by atoms with Gasteiger partial charge in [-0.2, -0.15) is 0 Å². The Bertz CT molecular complexity index is 1140. The molecule has 1 amide bonds. The number of carbonyl (C=O) groups is 1. The van der Waals surface area contributed by atoms with Crippen molar-refractivity contribution in [3.63, 3.8) is 0 Å². The van der Waals surface area contributed by atoms with Gasteiger partial charge in [-0.25, -0.2) is 9.37 Å². The van der Waals surface area contributed by atoms with E-state index in [-0.39, 0.29) is 31.1 Å². The van der Waals surface area contributed by atoms with Gasteiger partial charge >= 0.3 is 0 Å². The third-order valence-corrected chi connectivity index (χ3v) is 4.89. The van der Waals surface area contributed by atoms with Crippen LogP contribution in [-0.4, -0.2) is 27.2 Å². The Balaban J connectivity index is 2.02. The van der Waals surface area contributed by atoms with Gasteiger partial charge in [-0.05, 0) is 55.8 Å². The Kier molecular flexibility index (Phi) is 6.64. The first-order chi connectivity index (χ1) is 14.3. The van der Waals surface area contributed by atoms with Crippen LogP contribution in [0, 0.1) is 19.7 Å². The monoisotopic (exact) mass is 429 g/mol. The summed E-state index contributed by atoms with van der Waals surface area (Å²) in [5.74, 6) is -0.845. The van der Waals surface area contributed by atoms with Crippen LogP contribution in [0.2, 0.25) is 5.02 Å². The predicted octanol–water partition coefficient (Wildman–Crippen LogP) is 3.49. The maximum absolute atomic E-state index is 14.1. The van der Waals surface area contributed by atoms with E-state index in [9.17, 15) is 19.1 Å². The van der Waals surface area contributed by atoms with Gasteiger partial charge in [0.15, 0.2) is 0 Å². The zero-order chi connectivity index (χ0) is 21.8. The first-order valence-corrected chi connectivity index (χ1v) is 9.71. The Labute approximate surface area is 178 Å². The minimum atomic E-state index is -0.573. The second-order valence-corrected chi connectivity index (χ2v) is 7.34. The lowest BCUT2D eigenvalue weighted by molar-refractivity contribution is -0.116. The van der Waals surface area contributed by atoms with Gasteiger partial charge < -0.3 is 10.4 Å². The summed E-state index contributed by atoms with van der Waals surface area (Å²) < 4.78 is 15.3. The average molecular weight is 430 g/mol. The summed E-state index contributed by atoms with van der Waals surface area (Å²) in [6.07, 6.45) is 0.118. The number of benzene rings is 2. The summed E-state index contributed by atoms with van der Waals surface area (Å²) in [6.45, 7) is 2.83. The van der Waals surface area contributed by atoms with Crippen LogP contribution in [0.3, 0.4) is 0 Å². The van der Waals surface area contributed by atoms with Crippen LogP contribution in [0.5, 0.6) is 0 Å². The number of anilines is 1. The van der Waals surface area contributed by atoms with Crippen LogP contribution in [0.15, 0.2) is 47.3 Å². The maximum atomic E-state index is 14.1. The Hall–Kier alpha value is -3.03. The van der Waals surface area contributed by atoms with Gasteiger partial charge in [0.05, 0.1) is 5.69 Å². The van der Waals surface area contributed by atoms with Gasteiger partial charge in [-0.1, -0.05) is 17.7 Å². The van der Waals surface area contributed by atoms with Crippen LogP contribution >= 0.6 is 11.6 Å². The fourth-order valence-corrected chi connectivity index (χ4v) is 3.25. The molecule has 3 rings (SSSR count). The summed E-state index contributed by atoms with van der Waals surface area (Å²) in [7, 11) is 0. The molecular formula is C22H21ClFN3O3. The number of rotatable bonds is 6. The summed E-state index contributed by atoms with van der Waals surface area (Å²) in [5.41, 5.74) is 1.72. The summed E-state index contributed by atoms with van der Waals surface area (Å²) >= 11 is 5.95. The Morgan fingerprint density at radius 1 is 1.20 bits per heavy atom. The van der Waals surface area contributed by atoms with E-state index in [0.29, 0.717) is 21.8 Å². The number of carbonyl (C=O) groups excluding carboxylic acids is 1. The van der Waals surface area contributed by atoms with E-state index >= 15 is 0 Å². The first-order valence-electron chi connectivity index (χ1n) is 9.33. The van der Waals surface area contributed by atoms with Gasteiger partial charge in [0.1, 0.15) is 18.2 Å². The minimum absolute atomic E-state index is 0.0299. The van der Waals surface area contributed by atoms with E-state index in [1.54, 1.807) is 44.2 Å². The number of aromatic nitrogens is 2. The summed E-state index contributed by atoms with van der Waals surface area (Å²) in [6, 6.07) is 11.2. The molecule has 2 aromatic carbocycles. The molecule has 156 valence electrons. The molecule has 6 nitrogen and oxygen atoms in total. The van der Waals surface area contributed by atoms with E-state index in [4.69, 9.17) is 11.6 Å². The fourth-order valence-electron chi connectivity index (χ4n) is 3.12. The number of aryl methyl sites for hydroxylation is 2. The van der Waals surface area contributed by atoms with Crippen molar-refractivity contribution in [3.8, 4) is 11.4 Å². The number of hydrogen-bond acceptors (Lipinski definition) is 4. The number of nitrogens with zero attached hydrogens (tertiary/aromatic N) is 2. The van der Waals surface area contributed by atoms with E-state index in [2.05, 4.69) is 10.3 Å². The quantitative estimate of drug-likeness (QED) is 0.628. The number of hydrogen-bond donors (Lipinski definition) is 2. The topological polar surface area (TPSA) is 84.2 Å². The molecule has 1 heterocycles. The Morgan fingerprint density at radius 2 is 1.90 bits per heavy atom. The molecule has 3 aromatic rings. The van der Waals surface area contributed by atoms with Crippen molar-refractivity contribution < 1.29 is 14.3 Å². The van der Waals surface area contributed by atoms with Crippen molar-refractivity contribution >= 4 is 23.2 Å². The van der Waals surface area contributed by atoms with Crippen molar-refractivity contribution in [1.82, 2.24) is 9.55 Å². The van der Waals surface area contributed by atoms with E-state index < -0.39 is 17.3 Å². The third-order valence-electron chi connectivity index (χ3n) is 4.63. The number of halogens is 2. The molecule has 1 aromatic heterocycles. The second kappa shape index (κ2) is 9.19. The number of nitrogens with one attached hydrogen (secondary N) is 1. The molecule has 0 unspecified atom stereocenters. The molecule has 0 saturated carbocycles. The zero-order valence-corrected chi connectivity index (χ0v) is 17.3. The van der Waals surface area contributed by atoms with Crippen molar-refractivity contribution in [2.75, 3.05) is 11.9 Å². The molecule has 2 N–H and O–H groups in total. The van der Waals surface area contributed by atoms with Gasteiger partial charge in [-0.15, -0.1) is 0 Å². The third kappa shape index (κ3) is 4.75. The van der Waals surface area contributed by atoms with Crippen molar-refractivity contribution in [1.29, 1.82) is 0 Å². The van der Waals surface area contributed by atoms with Crippen molar-refractivity contribution in [2.24, 2.45) is 0 Å². The molecule has 0 aliphatic rings. The van der Waals surface area contributed by atoms with Crippen molar-refractivity contribution in [3.05, 3.63) is 80.5 Å². The highest BCUT2D eigenvalue weighted by atomic mass is 35.5. The van der Waals surface area contributed by atoms with Gasteiger partial charge in [0, 0.05) is 34.9 Å². The zero-order valence-electron chi connectivity index (χ0n) is 16.6. The minimum Gasteiger partial charge on any atom is -0.396 e. The van der Waals surface area contributed by atoms with Crippen LogP contribution in [-0.2, 0) is 17.8 Å². The highest BCUT2D eigenvalue weighted by Crippen LogP contribution is 2.21. The summed E-state index contributed by atoms with van der Waals surface area (Å²) in [4.78, 5) is 30.2. The van der Waals surface area contributed by atoms with E-state index in [1.165, 1.54) is 16.7 Å². The van der Waals surface area contributed by atoms with E-state index in [0.717, 1.165) is 5.56 Å². The molecule has 0 aliphatic heterocycles. The number of aliphatic hydroxyl groups is 1. The van der Waals surface area contributed by atoms with Gasteiger partial charge in [0.25, 0.3) is 5.56 Å². The van der Waals surface area contributed by atoms with Crippen LogP contribution in [0.25, 0.3) is 11.4 Å². The molecule has 0 bridgehead atoms. The largest absolute Gasteiger partial charge is 0.396 e. The van der Waals surface area contributed by atoms with Crippen LogP contribution in [0.1, 0.15) is 16.8 Å². The smallest absolute Gasteiger partial charge is 0.257 e. The fraction of sp³-hybridized carbons (Fsp3) is 0.227. The van der Waals surface area contributed by atoms with Gasteiger partial charge in [0.2, 0.25) is 5.91 Å². The first kappa shape index (κ1) is 21.7. The van der Waals surface area contributed by atoms with Crippen LogP contribution in [0.4, 0.5) is 10.1 Å². The lowest BCUT2D eigenvalue weighted by atomic mass is 10.1. The second-order valence-electron chi connectivity index (χ2n) is 6.90. The molecule has 0 spiro atoms. The molecular weight excluding hydrogens is 409 g/mol. The van der Waals surface area contributed by atoms with Gasteiger partial charge in [-0.3, -0.25) is 14.2 Å². The molecule has 0 radical (unpaired) electrons. The highest BCUT2D eigenvalue weighted by Gasteiger charge is 2.18. The Morgan fingerprint density at radius 3 is 2.53 bits per heavy atom. The molecule has 0 saturated heterocycles. The predicted molar refractivity (Wildman–Crippen MR) is 114 cm³/mol. The summed E-state index contributed by atoms with van der Waals surface area (Å²) in [5, 5.41) is 12.3. The molecule has 0 fully saturated rings. The lowest BCUT2D eigenvalue weighted by Gasteiger charge is -2.16. The number of aliphatic hydroxyl groups excluding tert-OH is 1. The lowest BCUT2D eigenvalue weighted by Crippen LogP contribution is -2.33. The highest BCUT2D eigenvalue weighted by molar-refractivity contribution is 6.30. The maximum Gasteiger partial charge on any atom is 0.257 e. The SMILES string of the molecule is Cc1ccc(NC(=O)Cn2c(-c3ccc(Cl)cc3)nc(C)c(CCO)c2=O)c(F)c1.